The van der Waals surface area contributed by atoms with Crippen LogP contribution in [-0.2, 0) is 22.7 Å². The lowest BCUT2D eigenvalue weighted by molar-refractivity contribution is 0.0209. The third kappa shape index (κ3) is 3.88. The van der Waals surface area contributed by atoms with Gasteiger partial charge in [-0.1, -0.05) is 0 Å². The van der Waals surface area contributed by atoms with Crippen LogP contribution < -0.4 is 0 Å². The topological polar surface area (TPSA) is 44.5 Å². The van der Waals surface area contributed by atoms with E-state index in [-0.39, 0.29) is 11.9 Å². The first-order valence-electron chi connectivity index (χ1n) is 9.06. The maximum absolute atomic E-state index is 13.3. The summed E-state index contributed by atoms with van der Waals surface area (Å²) < 4.78 is 29.1. The lowest BCUT2D eigenvalue weighted by atomic mass is 10.2. The van der Waals surface area contributed by atoms with Crippen LogP contribution in [0.25, 0.3) is 11.4 Å². The van der Waals surface area contributed by atoms with Gasteiger partial charge in [-0.05, 0) is 49.3 Å². The monoisotopic (exact) mass is 378 g/mol. The van der Waals surface area contributed by atoms with Gasteiger partial charge in [0.2, 0.25) is 0 Å². The lowest BCUT2D eigenvalue weighted by Gasteiger charge is -2.26. The van der Waals surface area contributed by atoms with Crippen LogP contribution in [0, 0.1) is 10.6 Å². The fourth-order valence-electron chi connectivity index (χ4n) is 3.43. The summed E-state index contributed by atoms with van der Waals surface area (Å²) in [6, 6.07) is 6.40. The van der Waals surface area contributed by atoms with Crippen LogP contribution in [-0.4, -0.2) is 58.3 Å². The van der Waals surface area contributed by atoms with E-state index in [0.717, 1.165) is 57.1 Å². The van der Waals surface area contributed by atoms with Gasteiger partial charge in [-0.3, -0.25) is 9.47 Å². The van der Waals surface area contributed by atoms with Crippen molar-refractivity contribution in [2.45, 2.75) is 32.2 Å². The predicted octanol–water partition coefficient (Wildman–Crippen LogP) is 2.69. The van der Waals surface area contributed by atoms with Gasteiger partial charge in [0.15, 0.2) is 10.6 Å². The van der Waals surface area contributed by atoms with Crippen molar-refractivity contribution in [1.82, 2.24) is 19.2 Å². The first-order chi connectivity index (χ1) is 12.7. The Morgan fingerprint density at radius 2 is 1.92 bits per heavy atom. The van der Waals surface area contributed by atoms with E-state index in [1.54, 1.807) is 12.1 Å². The molecular formula is C18H23FN4O2S. The van der Waals surface area contributed by atoms with Crippen molar-refractivity contribution in [3.8, 4) is 11.4 Å². The molecule has 26 heavy (non-hydrogen) atoms. The molecule has 8 heteroatoms. The standard InChI is InChI=1S/C18H23FN4O2S/c19-15-5-3-14(4-6-15)17-20-23(13-21-7-10-24-11-8-21)18(26)22(17)12-16-2-1-9-25-16/h3-6,16H,1-2,7-13H2/t16-/m0/s1. The predicted molar refractivity (Wildman–Crippen MR) is 97.8 cm³/mol. The molecule has 4 rings (SSSR count). The van der Waals surface area contributed by atoms with Crippen LogP contribution in [0.15, 0.2) is 24.3 Å². The molecule has 140 valence electrons. The van der Waals surface area contributed by atoms with Crippen molar-refractivity contribution in [3.63, 3.8) is 0 Å². The van der Waals surface area contributed by atoms with E-state index in [1.165, 1.54) is 12.1 Å². The summed E-state index contributed by atoms with van der Waals surface area (Å²) in [6.07, 6.45) is 2.26. The van der Waals surface area contributed by atoms with E-state index in [9.17, 15) is 4.39 Å². The largest absolute Gasteiger partial charge is 0.379 e. The Kier molecular flexibility index (Phi) is 5.44. The second kappa shape index (κ2) is 7.96. The molecule has 3 heterocycles. The minimum Gasteiger partial charge on any atom is -0.379 e. The number of aromatic nitrogens is 3. The molecule has 0 bridgehead atoms. The van der Waals surface area contributed by atoms with Gasteiger partial charge < -0.3 is 9.47 Å². The summed E-state index contributed by atoms with van der Waals surface area (Å²) in [4.78, 5) is 2.27. The van der Waals surface area contributed by atoms with Crippen LogP contribution in [0.5, 0.6) is 0 Å². The van der Waals surface area contributed by atoms with Crippen LogP contribution in [0.1, 0.15) is 12.8 Å². The maximum Gasteiger partial charge on any atom is 0.199 e. The Bertz CT molecular complexity index is 793. The van der Waals surface area contributed by atoms with E-state index in [1.807, 2.05) is 9.25 Å². The van der Waals surface area contributed by atoms with E-state index in [4.69, 9.17) is 26.8 Å². The van der Waals surface area contributed by atoms with Gasteiger partial charge in [0.1, 0.15) is 5.82 Å². The zero-order valence-corrected chi connectivity index (χ0v) is 15.5. The Balaban J connectivity index is 1.66. The van der Waals surface area contributed by atoms with Crippen LogP contribution in [0.2, 0.25) is 0 Å². The van der Waals surface area contributed by atoms with Crippen molar-refractivity contribution < 1.29 is 13.9 Å². The fourth-order valence-corrected chi connectivity index (χ4v) is 3.69. The van der Waals surface area contributed by atoms with Crippen molar-refractivity contribution in [3.05, 3.63) is 34.9 Å². The molecule has 2 aliphatic rings. The van der Waals surface area contributed by atoms with Crippen LogP contribution >= 0.6 is 12.2 Å². The SMILES string of the molecule is Fc1ccc(-c2nn(CN3CCOCC3)c(=S)n2C[C@@H]2CCCO2)cc1. The molecule has 2 fully saturated rings. The third-order valence-corrected chi connectivity index (χ3v) is 5.30. The van der Waals surface area contributed by atoms with Gasteiger partial charge in [0.05, 0.1) is 32.5 Å². The summed E-state index contributed by atoms with van der Waals surface area (Å²) in [5, 5.41) is 4.76. The maximum atomic E-state index is 13.3. The highest BCUT2D eigenvalue weighted by molar-refractivity contribution is 7.71. The number of halogens is 1. The van der Waals surface area contributed by atoms with Gasteiger partial charge in [-0.2, -0.15) is 5.10 Å². The Morgan fingerprint density at radius 3 is 2.62 bits per heavy atom. The van der Waals surface area contributed by atoms with Crippen molar-refractivity contribution in [2.24, 2.45) is 0 Å². The number of rotatable bonds is 5. The van der Waals surface area contributed by atoms with E-state index < -0.39 is 0 Å². The number of hydrogen-bond acceptors (Lipinski definition) is 5. The smallest absolute Gasteiger partial charge is 0.199 e. The van der Waals surface area contributed by atoms with E-state index in [0.29, 0.717) is 18.0 Å². The van der Waals surface area contributed by atoms with Crippen molar-refractivity contribution >= 4 is 12.2 Å². The molecule has 0 spiro atoms. The molecule has 0 N–H and O–H groups in total. The molecule has 0 aliphatic carbocycles. The van der Waals surface area contributed by atoms with Gasteiger partial charge in [0, 0.05) is 25.3 Å². The Hall–Kier alpha value is -1.61. The molecule has 6 nitrogen and oxygen atoms in total. The van der Waals surface area contributed by atoms with E-state index in [2.05, 4.69) is 4.90 Å². The summed E-state index contributed by atoms with van der Waals surface area (Å²) in [6.45, 7) is 5.30. The fraction of sp³-hybridized carbons (Fsp3) is 0.556. The number of ether oxygens (including phenoxy) is 2. The Morgan fingerprint density at radius 1 is 1.15 bits per heavy atom. The van der Waals surface area contributed by atoms with Crippen molar-refractivity contribution in [1.29, 1.82) is 0 Å². The number of benzene rings is 1. The minimum atomic E-state index is -0.259. The molecule has 2 aromatic rings. The Labute approximate surface area is 157 Å². The molecule has 1 aromatic heterocycles. The molecule has 0 amide bonds. The van der Waals surface area contributed by atoms with Gasteiger partial charge in [-0.25, -0.2) is 9.07 Å². The highest BCUT2D eigenvalue weighted by Gasteiger charge is 2.22. The lowest BCUT2D eigenvalue weighted by Crippen LogP contribution is -2.37. The number of nitrogens with zero attached hydrogens (tertiary/aromatic N) is 4. The molecule has 0 unspecified atom stereocenters. The van der Waals surface area contributed by atoms with Gasteiger partial charge in [-0.15, -0.1) is 0 Å². The highest BCUT2D eigenvalue weighted by atomic mass is 32.1. The molecule has 2 aliphatic heterocycles. The first-order valence-corrected chi connectivity index (χ1v) is 9.47. The summed E-state index contributed by atoms with van der Waals surface area (Å²) in [5.74, 6) is 0.504. The van der Waals surface area contributed by atoms with Crippen LogP contribution in [0.3, 0.4) is 0 Å². The third-order valence-electron chi connectivity index (χ3n) is 4.87. The average Bonchev–Trinajstić information content (AvgIpc) is 3.27. The summed E-state index contributed by atoms with van der Waals surface area (Å²) in [7, 11) is 0. The quantitative estimate of drug-likeness (QED) is 0.749. The first kappa shape index (κ1) is 17.8. The summed E-state index contributed by atoms with van der Waals surface area (Å²) in [5.41, 5.74) is 0.858. The normalized spacial score (nSPS) is 21.3. The molecule has 1 atom stereocenters. The number of morpholine rings is 1. The molecule has 0 radical (unpaired) electrons. The molecular weight excluding hydrogens is 355 g/mol. The summed E-state index contributed by atoms with van der Waals surface area (Å²) >= 11 is 5.72. The van der Waals surface area contributed by atoms with Gasteiger partial charge >= 0.3 is 0 Å². The van der Waals surface area contributed by atoms with Crippen LogP contribution in [0.4, 0.5) is 4.39 Å². The highest BCUT2D eigenvalue weighted by Crippen LogP contribution is 2.22. The van der Waals surface area contributed by atoms with Gasteiger partial charge in [0.25, 0.3) is 0 Å². The van der Waals surface area contributed by atoms with E-state index >= 15 is 0 Å². The zero-order chi connectivity index (χ0) is 17.9. The van der Waals surface area contributed by atoms with Crippen molar-refractivity contribution in [2.75, 3.05) is 32.9 Å². The average molecular weight is 378 g/mol. The molecule has 0 saturated carbocycles. The molecule has 1 aromatic carbocycles. The molecule has 2 saturated heterocycles. The minimum absolute atomic E-state index is 0.155. The zero-order valence-electron chi connectivity index (χ0n) is 14.6. The second-order valence-electron chi connectivity index (χ2n) is 6.73. The second-order valence-corrected chi connectivity index (χ2v) is 7.10. The number of hydrogen-bond donors (Lipinski definition) is 0.